The van der Waals surface area contributed by atoms with E-state index in [1.54, 1.807) is 12.1 Å². The Bertz CT molecular complexity index is 568. The highest BCUT2D eigenvalue weighted by atomic mass is 19.1. The minimum Gasteiger partial charge on any atom is -0.497 e. The zero-order valence-electron chi connectivity index (χ0n) is 13.1. The number of ether oxygens (including phenoxy) is 1. The molecule has 23 heavy (non-hydrogen) atoms. The molecule has 126 valence electrons. The predicted molar refractivity (Wildman–Crippen MR) is 84.6 cm³/mol. The molecular formula is C16H22FN3O3. The molecule has 1 aromatic rings. The molecule has 1 aliphatic rings. The summed E-state index contributed by atoms with van der Waals surface area (Å²) < 4.78 is 18.8. The second kappa shape index (κ2) is 8.01. The molecule has 1 saturated carbocycles. The first-order valence-electron chi connectivity index (χ1n) is 7.73. The largest absolute Gasteiger partial charge is 0.497 e. The van der Waals surface area contributed by atoms with Crippen LogP contribution in [0.15, 0.2) is 23.4 Å². The van der Waals surface area contributed by atoms with Gasteiger partial charge in [0.05, 0.1) is 19.1 Å². The molecule has 2 rings (SSSR count). The van der Waals surface area contributed by atoms with Crippen molar-refractivity contribution in [3.8, 4) is 5.75 Å². The second-order valence-corrected chi connectivity index (χ2v) is 5.84. The smallest absolute Gasteiger partial charge is 0.224 e. The van der Waals surface area contributed by atoms with Crippen LogP contribution in [-0.4, -0.2) is 31.6 Å². The third-order valence-corrected chi connectivity index (χ3v) is 4.31. The van der Waals surface area contributed by atoms with Gasteiger partial charge in [0.25, 0.3) is 0 Å². The molecule has 1 amide bonds. The average molecular weight is 323 g/mol. The normalized spacial score (nSPS) is 24.0. The minimum absolute atomic E-state index is 0.143. The molecule has 0 aliphatic heterocycles. The molecule has 0 heterocycles. The molecular weight excluding hydrogens is 301 g/mol. The maximum absolute atomic E-state index is 13.8. The monoisotopic (exact) mass is 323 g/mol. The molecule has 3 N–H and O–H groups in total. The summed E-state index contributed by atoms with van der Waals surface area (Å²) in [5.74, 6) is -0.348. The molecule has 1 fully saturated rings. The van der Waals surface area contributed by atoms with E-state index in [0.29, 0.717) is 43.5 Å². The van der Waals surface area contributed by atoms with Crippen molar-refractivity contribution in [2.75, 3.05) is 13.7 Å². The maximum atomic E-state index is 13.8. The van der Waals surface area contributed by atoms with Crippen LogP contribution in [0.4, 0.5) is 4.39 Å². The van der Waals surface area contributed by atoms with Crippen LogP contribution in [0.2, 0.25) is 0 Å². The first-order chi connectivity index (χ1) is 11.0. The lowest BCUT2D eigenvalue weighted by Gasteiger charge is -2.29. The lowest BCUT2D eigenvalue weighted by atomic mass is 9.82. The number of hydrogen-bond donors (Lipinski definition) is 2. The van der Waals surface area contributed by atoms with E-state index in [0.717, 1.165) is 0 Å². The van der Waals surface area contributed by atoms with Gasteiger partial charge in [-0.3, -0.25) is 4.79 Å². The Kier molecular flexibility index (Phi) is 6.04. The van der Waals surface area contributed by atoms with Crippen molar-refractivity contribution in [2.24, 2.45) is 16.8 Å². The van der Waals surface area contributed by atoms with E-state index in [1.165, 1.54) is 13.2 Å². The van der Waals surface area contributed by atoms with E-state index in [9.17, 15) is 14.1 Å². The summed E-state index contributed by atoms with van der Waals surface area (Å²) in [7, 11) is 1.48. The van der Waals surface area contributed by atoms with E-state index in [1.807, 2.05) is 0 Å². The fraction of sp³-hybridized carbons (Fsp3) is 0.562. The van der Waals surface area contributed by atoms with Crippen LogP contribution in [0.1, 0.15) is 24.8 Å². The van der Waals surface area contributed by atoms with E-state index in [2.05, 4.69) is 10.5 Å². The van der Waals surface area contributed by atoms with Gasteiger partial charge in [-0.25, -0.2) is 4.39 Å². The Morgan fingerprint density at radius 2 is 2.26 bits per heavy atom. The number of benzene rings is 1. The first kappa shape index (κ1) is 17.3. The van der Waals surface area contributed by atoms with E-state index in [4.69, 9.17) is 10.5 Å². The average Bonchev–Trinajstić information content (AvgIpc) is 2.55. The van der Waals surface area contributed by atoms with E-state index >= 15 is 0 Å². The standard InChI is InChI=1S/C16H22FN3O3/c1-23-12-4-2-10(14(17)9-12)6-7-19-16(21)13-5-3-11(20-22)8-15(13)18/h2,4,9,11,13,15H,3,5-8,18H2,1H3,(H,19,21). The number of halogens is 1. The van der Waals surface area contributed by atoms with Crippen molar-refractivity contribution in [3.63, 3.8) is 0 Å². The van der Waals surface area contributed by atoms with Crippen molar-refractivity contribution in [1.82, 2.24) is 5.32 Å². The molecule has 1 aromatic carbocycles. The fourth-order valence-corrected chi connectivity index (χ4v) is 2.91. The van der Waals surface area contributed by atoms with Crippen LogP contribution in [0.3, 0.4) is 0 Å². The summed E-state index contributed by atoms with van der Waals surface area (Å²) in [4.78, 5) is 22.7. The van der Waals surface area contributed by atoms with E-state index in [-0.39, 0.29) is 29.7 Å². The van der Waals surface area contributed by atoms with Gasteiger partial charge in [-0.1, -0.05) is 11.2 Å². The highest BCUT2D eigenvalue weighted by Gasteiger charge is 2.33. The Labute approximate surface area is 134 Å². The number of methoxy groups -OCH3 is 1. The van der Waals surface area contributed by atoms with Gasteiger partial charge < -0.3 is 15.8 Å². The molecule has 7 heteroatoms. The zero-order chi connectivity index (χ0) is 16.8. The maximum Gasteiger partial charge on any atom is 0.224 e. The number of carbonyl (C=O) groups is 1. The highest BCUT2D eigenvalue weighted by Crippen LogP contribution is 2.25. The summed E-state index contributed by atoms with van der Waals surface area (Å²) in [6, 6.07) is 4.00. The molecule has 3 atom stereocenters. The number of hydrogen-bond acceptors (Lipinski definition) is 5. The van der Waals surface area contributed by atoms with Gasteiger partial charge in [-0.05, 0) is 37.3 Å². The highest BCUT2D eigenvalue weighted by molar-refractivity contribution is 5.79. The Morgan fingerprint density at radius 3 is 2.87 bits per heavy atom. The van der Waals surface area contributed by atoms with E-state index < -0.39 is 0 Å². The lowest BCUT2D eigenvalue weighted by molar-refractivity contribution is -0.126. The molecule has 0 aromatic heterocycles. The third-order valence-electron chi connectivity index (χ3n) is 4.31. The van der Waals surface area contributed by atoms with Gasteiger partial charge >= 0.3 is 0 Å². The van der Waals surface area contributed by atoms with Gasteiger partial charge in [0.15, 0.2) is 0 Å². The number of amides is 1. The van der Waals surface area contributed by atoms with Gasteiger partial charge in [0, 0.05) is 18.7 Å². The van der Waals surface area contributed by atoms with Crippen molar-refractivity contribution in [1.29, 1.82) is 0 Å². The number of nitrogens with one attached hydrogen (secondary N) is 1. The minimum atomic E-state index is -0.357. The van der Waals surface area contributed by atoms with Crippen LogP contribution in [0, 0.1) is 16.6 Å². The van der Waals surface area contributed by atoms with Crippen molar-refractivity contribution in [2.45, 2.75) is 37.8 Å². The SMILES string of the molecule is COc1ccc(CCNC(=O)C2CCC(N=O)CC2N)c(F)c1. The molecule has 0 radical (unpaired) electrons. The molecule has 1 aliphatic carbocycles. The van der Waals surface area contributed by atoms with Gasteiger partial charge in [0.1, 0.15) is 11.6 Å². The van der Waals surface area contributed by atoms with Crippen molar-refractivity contribution in [3.05, 3.63) is 34.5 Å². The van der Waals surface area contributed by atoms with Crippen LogP contribution in [-0.2, 0) is 11.2 Å². The Morgan fingerprint density at radius 1 is 1.48 bits per heavy atom. The summed E-state index contributed by atoms with van der Waals surface area (Å²) in [5, 5.41) is 5.80. The predicted octanol–water partition coefficient (Wildman–Crippen LogP) is 1.76. The van der Waals surface area contributed by atoms with Crippen LogP contribution < -0.4 is 15.8 Å². The van der Waals surface area contributed by atoms with Crippen molar-refractivity contribution < 1.29 is 13.9 Å². The number of carbonyl (C=O) groups excluding carboxylic acids is 1. The van der Waals surface area contributed by atoms with Crippen LogP contribution in [0.5, 0.6) is 5.75 Å². The Balaban J connectivity index is 1.82. The first-order valence-corrected chi connectivity index (χ1v) is 7.73. The molecule has 3 unspecified atom stereocenters. The Hall–Kier alpha value is -2.02. The molecule has 6 nitrogen and oxygen atoms in total. The van der Waals surface area contributed by atoms with Gasteiger partial charge in [-0.15, -0.1) is 0 Å². The van der Waals surface area contributed by atoms with Gasteiger partial charge in [-0.2, -0.15) is 4.91 Å². The molecule has 0 spiro atoms. The molecule has 0 saturated heterocycles. The summed E-state index contributed by atoms with van der Waals surface area (Å²) >= 11 is 0. The summed E-state index contributed by atoms with van der Waals surface area (Å²) in [6.45, 7) is 0.334. The summed E-state index contributed by atoms with van der Waals surface area (Å²) in [6.07, 6.45) is 1.97. The topological polar surface area (TPSA) is 93.8 Å². The van der Waals surface area contributed by atoms with Crippen molar-refractivity contribution >= 4 is 5.91 Å². The van der Waals surface area contributed by atoms with Crippen LogP contribution >= 0.6 is 0 Å². The van der Waals surface area contributed by atoms with Gasteiger partial charge in [0.2, 0.25) is 5.91 Å². The fourth-order valence-electron chi connectivity index (χ4n) is 2.91. The number of nitroso groups, excluding NO2 is 1. The molecule has 0 bridgehead atoms. The second-order valence-electron chi connectivity index (χ2n) is 5.84. The zero-order valence-corrected chi connectivity index (χ0v) is 13.1. The quantitative estimate of drug-likeness (QED) is 0.780. The lowest BCUT2D eigenvalue weighted by Crippen LogP contribution is -2.46. The third kappa shape index (κ3) is 4.48. The van der Waals surface area contributed by atoms with Crippen LogP contribution in [0.25, 0.3) is 0 Å². The summed E-state index contributed by atoms with van der Waals surface area (Å²) in [5.41, 5.74) is 6.47. The number of nitrogens with two attached hydrogens (primary N) is 1. The number of rotatable bonds is 6. The number of nitrogens with zero attached hydrogens (tertiary/aromatic N) is 1.